The first-order valence-corrected chi connectivity index (χ1v) is 5.22. The Labute approximate surface area is 97.4 Å². The van der Waals surface area contributed by atoms with Crippen LogP contribution in [0, 0.1) is 5.82 Å². The lowest BCUT2D eigenvalue weighted by Crippen LogP contribution is -2.37. The van der Waals surface area contributed by atoms with E-state index in [0.717, 1.165) is 0 Å². The van der Waals surface area contributed by atoms with Crippen LogP contribution in [0.2, 0.25) is 0 Å². The van der Waals surface area contributed by atoms with Crippen molar-refractivity contribution in [1.29, 1.82) is 0 Å². The molecular formula is C11H12FN3O2. The Kier molecular flexibility index (Phi) is 3.06. The molecule has 6 heteroatoms. The quantitative estimate of drug-likeness (QED) is 0.745. The van der Waals surface area contributed by atoms with Crippen molar-refractivity contribution in [2.45, 2.75) is 6.42 Å². The van der Waals surface area contributed by atoms with Gasteiger partial charge in [-0.2, -0.15) is 0 Å². The third kappa shape index (κ3) is 2.12. The van der Waals surface area contributed by atoms with Crippen LogP contribution < -0.4 is 16.0 Å². The summed E-state index contributed by atoms with van der Waals surface area (Å²) in [4.78, 5) is 24.3. The summed E-state index contributed by atoms with van der Waals surface area (Å²) in [7, 11) is 0. The van der Waals surface area contributed by atoms with E-state index >= 15 is 0 Å². The average molecular weight is 237 g/mol. The molecule has 2 amide bonds. The van der Waals surface area contributed by atoms with E-state index in [1.807, 2.05) is 0 Å². The number of nitrogens with zero attached hydrogens (tertiary/aromatic N) is 1. The number of nitrogens with two attached hydrogens (primary N) is 1. The Morgan fingerprint density at radius 3 is 3.00 bits per heavy atom. The van der Waals surface area contributed by atoms with Crippen LogP contribution in [0.15, 0.2) is 18.2 Å². The Morgan fingerprint density at radius 2 is 2.29 bits per heavy atom. The third-order valence-electron chi connectivity index (χ3n) is 2.57. The molecule has 3 N–H and O–H groups in total. The van der Waals surface area contributed by atoms with Crippen molar-refractivity contribution < 1.29 is 14.0 Å². The largest absolute Gasteiger partial charge is 0.324 e. The van der Waals surface area contributed by atoms with Crippen LogP contribution in [0.3, 0.4) is 0 Å². The first-order valence-electron chi connectivity index (χ1n) is 5.22. The lowest BCUT2D eigenvalue weighted by molar-refractivity contribution is -0.117. The third-order valence-corrected chi connectivity index (χ3v) is 2.57. The molecule has 0 spiro atoms. The van der Waals surface area contributed by atoms with Crippen molar-refractivity contribution in [3.63, 3.8) is 0 Å². The predicted molar refractivity (Wildman–Crippen MR) is 61.1 cm³/mol. The fourth-order valence-electron chi connectivity index (χ4n) is 1.79. The van der Waals surface area contributed by atoms with E-state index in [-0.39, 0.29) is 31.1 Å². The molecule has 0 aliphatic carbocycles. The first-order chi connectivity index (χ1) is 8.13. The van der Waals surface area contributed by atoms with E-state index in [1.54, 1.807) is 6.07 Å². The highest BCUT2D eigenvalue weighted by atomic mass is 19.1. The molecule has 1 aliphatic rings. The monoisotopic (exact) mass is 237 g/mol. The molecule has 5 nitrogen and oxygen atoms in total. The molecule has 0 saturated heterocycles. The van der Waals surface area contributed by atoms with Gasteiger partial charge in [0.1, 0.15) is 11.5 Å². The standard InChI is InChI=1S/C11H12FN3O2/c12-7-2-1-3-8-11(7)15(10(17)6-13)5-4-9(16)14-8/h1-3H,4-6,13H2,(H,14,16). The molecule has 1 heterocycles. The number of amides is 2. The lowest BCUT2D eigenvalue weighted by Gasteiger charge is -2.21. The van der Waals surface area contributed by atoms with Crippen LogP contribution in [-0.4, -0.2) is 24.9 Å². The van der Waals surface area contributed by atoms with Gasteiger partial charge in [0.2, 0.25) is 11.8 Å². The molecule has 0 bridgehead atoms. The number of carbonyl (C=O) groups is 2. The molecule has 0 aromatic heterocycles. The zero-order chi connectivity index (χ0) is 12.4. The minimum atomic E-state index is -0.550. The summed E-state index contributed by atoms with van der Waals surface area (Å²) in [5.74, 6) is -1.21. The van der Waals surface area contributed by atoms with E-state index in [4.69, 9.17) is 5.73 Å². The van der Waals surface area contributed by atoms with Gasteiger partial charge in [-0.15, -0.1) is 0 Å². The van der Waals surface area contributed by atoms with E-state index in [2.05, 4.69) is 5.32 Å². The first kappa shape index (κ1) is 11.5. The van der Waals surface area contributed by atoms with Gasteiger partial charge in [0.25, 0.3) is 0 Å². The summed E-state index contributed by atoms with van der Waals surface area (Å²) in [6.07, 6.45) is 0.125. The summed E-state index contributed by atoms with van der Waals surface area (Å²) >= 11 is 0. The highest BCUT2D eigenvalue weighted by molar-refractivity contribution is 6.04. The van der Waals surface area contributed by atoms with Crippen molar-refractivity contribution >= 4 is 23.2 Å². The van der Waals surface area contributed by atoms with E-state index in [9.17, 15) is 14.0 Å². The molecule has 0 radical (unpaired) electrons. The second-order valence-corrected chi connectivity index (χ2v) is 3.68. The number of anilines is 2. The number of para-hydroxylation sites is 1. The SMILES string of the molecule is NCC(=O)N1CCC(=O)Nc2cccc(F)c21. The van der Waals surface area contributed by atoms with Crippen molar-refractivity contribution in [2.24, 2.45) is 5.73 Å². The number of hydrogen-bond donors (Lipinski definition) is 2. The molecule has 1 aromatic rings. The summed E-state index contributed by atoms with van der Waals surface area (Å²) in [5, 5.41) is 2.56. The van der Waals surface area contributed by atoms with E-state index in [0.29, 0.717) is 5.69 Å². The highest BCUT2D eigenvalue weighted by Gasteiger charge is 2.25. The van der Waals surface area contributed by atoms with Crippen LogP contribution in [0.5, 0.6) is 0 Å². The van der Waals surface area contributed by atoms with Crippen molar-refractivity contribution in [2.75, 3.05) is 23.3 Å². The Morgan fingerprint density at radius 1 is 1.53 bits per heavy atom. The van der Waals surface area contributed by atoms with Crippen LogP contribution in [0.4, 0.5) is 15.8 Å². The minimum absolute atomic E-state index is 0.0915. The van der Waals surface area contributed by atoms with Crippen LogP contribution in [-0.2, 0) is 9.59 Å². The maximum absolute atomic E-state index is 13.7. The van der Waals surface area contributed by atoms with Gasteiger partial charge in [0, 0.05) is 13.0 Å². The zero-order valence-electron chi connectivity index (χ0n) is 9.07. The van der Waals surface area contributed by atoms with Crippen molar-refractivity contribution in [3.05, 3.63) is 24.0 Å². The fourth-order valence-corrected chi connectivity index (χ4v) is 1.79. The molecule has 90 valence electrons. The number of nitrogens with one attached hydrogen (secondary N) is 1. The van der Waals surface area contributed by atoms with Crippen LogP contribution in [0.25, 0.3) is 0 Å². The molecule has 1 aromatic carbocycles. The number of hydrogen-bond acceptors (Lipinski definition) is 3. The summed E-state index contributed by atoms with van der Waals surface area (Å²) < 4.78 is 13.7. The maximum Gasteiger partial charge on any atom is 0.240 e. The van der Waals surface area contributed by atoms with Gasteiger partial charge >= 0.3 is 0 Å². The predicted octanol–water partition coefficient (Wildman–Crippen LogP) is 0.460. The smallest absolute Gasteiger partial charge is 0.240 e. The maximum atomic E-state index is 13.7. The minimum Gasteiger partial charge on any atom is -0.324 e. The summed E-state index contributed by atoms with van der Waals surface area (Å²) in [6, 6.07) is 4.27. The average Bonchev–Trinajstić information content (AvgIpc) is 2.47. The molecule has 1 aliphatic heterocycles. The Hall–Kier alpha value is -1.95. The summed E-state index contributed by atoms with van der Waals surface area (Å²) in [5.41, 5.74) is 5.67. The molecule has 0 unspecified atom stereocenters. The van der Waals surface area contributed by atoms with Gasteiger partial charge in [-0.1, -0.05) is 6.07 Å². The van der Waals surface area contributed by atoms with Gasteiger partial charge in [-0.05, 0) is 12.1 Å². The fraction of sp³-hybridized carbons (Fsp3) is 0.273. The van der Waals surface area contributed by atoms with Gasteiger partial charge < -0.3 is 16.0 Å². The number of carbonyl (C=O) groups excluding carboxylic acids is 2. The van der Waals surface area contributed by atoms with E-state index in [1.165, 1.54) is 17.0 Å². The van der Waals surface area contributed by atoms with Gasteiger partial charge in [-0.3, -0.25) is 9.59 Å². The van der Waals surface area contributed by atoms with Crippen molar-refractivity contribution in [1.82, 2.24) is 0 Å². The second-order valence-electron chi connectivity index (χ2n) is 3.68. The molecule has 2 rings (SSSR count). The molecular weight excluding hydrogens is 225 g/mol. The number of halogens is 1. The Bertz CT molecular complexity index is 476. The molecule has 0 fully saturated rings. The van der Waals surface area contributed by atoms with Gasteiger partial charge in [-0.25, -0.2) is 4.39 Å². The second kappa shape index (κ2) is 4.50. The van der Waals surface area contributed by atoms with E-state index < -0.39 is 11.7 Å². The summed E-state index contributed by atoms with van der Waals surface area (Å²) in [6.45, 7) is -0.0856. The zero-order valence-corrected chi connectivity index (χ0v) is 9.07. The van der Waals surface area contributed by atoms with Gasteiger partial charge in [0.15, 0.2) is 0 Å². The number of benzene rings is 1. The molecule has 17 heavy (non-hydrogen) atoms. The van der Waals surface area contributed by atoms with Crippen molar-refractivity contribution in [3.8, 4) is 0 Å². The number of rotatable bonds is 1. The van der Waals surface area contributed by atoms with Crippen LogP contribution >= 0.6 is 0 Å². The topological polar surface area (TPSA) is 75.4 Å². The highest BCUT2D eigenvalue weighted by Crippen LogP contribution is 2.31. The Balaban J connectivity index is 2.51. The lowest BCUT2D eigenvalue weighted by atomic mass is 10.2. The normalized spacial score (nSPS) is 14.9. The van der Waals surface area contributed by atoms with Crippen LogP contribution in [0.1, 0.15) is 6.42 Å². The molecule has 0 saturated carbocycles. The molecule has 0 atom stereocenters. The van der Waals surface area contributed by atoms with Gasteiger partial charge in [0.05, 0.1) is 12.2 Å². The number of fused-ring (bicyclic) bond motifs is 1.